The fourth-order valence-corrected chi connectivity index (χ4v) is 3.14. The number of carbonyl (C=O) groups is 1. The van der Waals surface area contributed by atoms with Crippen molar-refractivity contribution in [3.63, 3.8) is 0 Å². The molecule has 0 aliphatic carbocycles. The van der Waals surface area contributed by atoms with Crippen molar-refractivity contribution in [3.05, 3.63) is 82.0 Å². The summed E-state index contributed by atoms with van der Waals surface area (Å²) in [6, 6.07) is 9.69. The van der Waals surface area contributed by atoms with Gasteiger partial charge in [0.25, 0.3) is 0 Å². The maximum absolute atomic E-state index is 13.4. The monoisotopic (exact) mass is 358 g/mol. The molecule has 6 heteroatoms. The standard InChI is InChI=1S/C19H16ClFN2O2/c1-11-18(19(24)25-2)14(13-7-6-12(21)9-15(13)20)10-17(23-11)16-5-3-4-8-22-16/h3-10,14,23H,1-2H3. The highest BCUT2D eigenvalue weighted by Gasteiger charge is 2.30. The zero-order valence-electron chi connectivity index (χ0n) is 13.7. The van der Waals surface area contributed by atoms with Crippen LogP contribution in [0.3, 0.4) is 0 Å². The molecule has 0 spiro atoms. The van der Waals surface area contributed by atoms with Gasteiger partial charge >= 0.3 is 5.97 Å². The molecule has 1 aromatic carbocycles. The van der Waals surface area contributed by atoms with E-state index in [1.54, 1.807) is 19.2 Å². The van der Waals surface area contributed by atoms with Crippen LogP contribution in [0, 0.1) is 5.82 Å². The van der Waals surface area contributed by atoms with E-state index in [9.17, 15) is 9.18 Å². The molecule has 128 valence electrons. The Morgan fingerprint density at radius 1 is 1.32 bits per heavy atom. The average molecular weight is 359 g/mol. The van der Waals surface area contributed by atoms with E-state index >= 15 is 0 Å². The second-order valence-corrected chi connectivity index (χ2v) is 6.00. The summed E-state index contributed by atoms with van der Waals surface area (Å²) in [6.45, 7) is 1.78. The van der Waals surface area contributed by atoms with E-state index < -0.39 is 17.7 Å². The highest BCUT2D eigenvalue weighted by Crippen LogP contribution is 2.38. The van der Waals surface area contributed by atoms with Crippen LogP contribution in [-0.4, -0.2) is 18.1 Å². The number of nitrogens with zero attached hydrogens (tertiary/aromatic N) is 1. The highest BCUT2D eigenvalue weighted by molar-refractivity contribution is 6.31. The topological polar surface area (TPSA) is 51.2 Å². The fourth-order valence-electron chi connectivity index (χ4n) is 2.85. The van der Waals surface area contributed by atoms with Crippen molar-refractivity contribution in [1.82, 2.24) is 10.3 Å². The van der Waals surface area contributed by atoms with Gasteiger partial charge in [-0.15, -0.1) is 0 Å². The van der Waals surface area contributed by atoms with E-state index in [-0.39, 0.29) is 5.02 Å². The summed E-state index contributed by atoms with van der Waals surface area (Å²) < 4.78 is 18.3. The van der Waals surface area contributed by atoms with Gasteiger partial charge in [0.05, 0.1) is 24.1 Å². The van der Waals surface area contributed by atoms with E-state index in [4.69, 9.17) is 16.3 Å². The van der Waals surface area contributed by atoms with Crippen molar-refractivity contribution in [1.29, 1.82) is 0 Å². The molecule has 25 heavy (non-hydrogen) atoms. The molecule has 2 heterocycles. The number of allylic oxidation sites excluding steroid dienone is 2. The molecular formula is C19H16ClFN2O2. The first-order valence-corrected chi connectivity index (χ1v) is 8.03. The minimum atomic E-state index is -0.473. The summed E-state index contributed by atoms with van der Waals surface area (Å²) in [7, 11) is 1.32. The summed E-state index contributed by atoms with van der Waals surface area (Å²) in [6.07, 6.45) is 3.54. The molecule has 1 aromatic heterocycles. The van der Waals surface area contributed by atoms with Crippen molar-refractivity contribution in [2.24, 2.45) is 0 Å². The number of ether oxygens (including phenoxy) is 1. The predicted molar refractivity (Wildman–Crippen MR) is 94.2 cm³/mol. The van der Waals surface area contributed by atoms with E-state index in [1.165, 1.54) is 19.2 Å². The van der Waals surface area contributed by atoms with Crippen LogP contribution in [-0.2, 0) is 9.53 Å². The second-order valence-electron chi connectivity index (χ2n) is 5.59. The molecule has 4 nitrogen and oxygen atoms in total. The fraction of sp³-hybridized carbons (Fsp3) is 0.158. The number of pyridine rings is 1. The van der Waals surface area contributed by atoms with Gasteiger partial charge in [-0.1, -0.05) is 23.7 Å². The number of nitrogens with one attached hydrogen (secondary N) is 1. The summed E-state index contributed by atoms with van der Waals surface area (Å²) in [5, 5.41) is 3.44. The minimum absolute atomic E-state index is 0.248. The van der Waals surface area contributed by atoms with Crippen molar-refractivity contribution in [3.8, 4) is 0 Å². The van der Waals surface area contributed by atoms with Crippen LogP contribution in [0.25, 0.3) is 5.70 Å². The van der Waals surface area contributed by atoms with Crippen LogP contribution in [0.2, 0.25) is 5.02 Å². The number of carbonyl (C=O) groups excluding carboxylic acids is 1. The van der Waals surface area contributed by atoms with Gasteiger partial charge in [0, 0.05) is 22.8 Å². The Morgan fingerprint density at radius 3 is 2.76 bits per heavy atom. The lowest BCUT2D eigenvalue weighted by Gasteiger charge is -2.27. The first-order chi connectivity index (χ1) is 12.0. The normalized spacial score (nSPS) is 17.0. The zero-order valence-corrected chi connectivity index (χ0v) is 14.5. The number of esters is 1. The van der Waals surface area contributed by atoms with Crippen LogP contribution >= 0.6 is 11.6 Å². The molecule has 2 aromatic rings. The van der Waals surface area contributed by atoms with Crippen molar-refractivity contribution < 1.29 is 13.9 Å². The molecule has 1 aliphatic rings. The lowest BCUT2D eigenvalue weighted by atomic mass is 9.86. The molecule has 0 saturated heterocycles. The molecule has 3 rings (SSSR count). The van der Waals surface area contributed by atoms with Gasteiger partial charge in [0.2, 0.25) is 0 Å². The molecule has 0 saturated carbocycles. The molecule has 0 fully saturated rings. The largest absolute Gasteiger partial charge is 0.466 e. The maximum atomic E-state index is 13.4. The number of hydrogen-bond donors (Lipinski definition) is 1. The summed E-state index contributed by atoms with van der Waals surface area (Å²) in [5.74, 6) is -1.37. The van der Waals surface area contributed by atoms with Gasteiger partial charge in [-0.2, -0.15) is 0 Å². The third-order valence-electron chi connectivity index (χ3n) is 4.01. The lowest BCUT2D eigenvalue weighted by Crippen LogP contribution is -2.26. The number of methoxy groups -OCH3 is 1. The summed E-state index contributed by atoms with van der Waals surface area (Å²) >= 11 is 6.24. The summed E-state index contributed by atoms with van der Waals surface area (Å²) in [4.78, 5) is 16.6. The first kappa shape index (κ1) is 17.2. The quantitative estimate of drug-likeness (QED) is 0.841. The number of halogens is 2. The van der Waals surface area contributed by atoms with Crippen LogP contribution in [0.5, 0.6) is 0 Å². The molecule has 0 bridgehead atoms. The van der Waals surface area contributed by atoms with Crippen molar-refractivity contribution in [2.75, 3.05) is 7.11 Å². The molecular weight excluding hydrogens is 343 g/mol. The Kier molecular flexibility index (Phi) is 4.86. The number of rotatable bonds is 3. The van der Waals surface area contributed by atoms with Gasteiger partial charge < -0.3 is 10.1 Å². The Hall–Kier alpha value is -2.66. The minimum Gasteiger partial charge on any atom is -0.466 e. The first-order valence-electron chi connectivity index (χ1n) is 7.65. The number of dihydropyridines is 1. The second kappa shape index (κ2) is 7.07. The van der Waals surface area contributed by atoms with Gasteiger partial charge in [-0.05, 0) is 42.8 Å². The van der Waals surface area contributed by atoms with Crippen LogP contribution in [0.1, 0.15) is 24.1 Å². The Bertz CT molecular complexity index is 878. The SMILES string of the molecule is COC(=O)C1=C(C)NC(c2ccccn2)=CC1c1ccc(F)cc1Cl. The van der Waals surface area contributed by atoms with Gasteiger partial charge in [0.15, 0.2) is 0 Å². The zero-order chi connectivity index (χ0) is 18.0. The van der Waals surface area contributed by atoms with E-state index in [0.717, 1.165) is 11.4 Å². The average Bonchev–Trinajstić information content (AvgIpc) is 2.61. The lowest BCUT2D eigenvalue weighted by molar-refractivity contribution is -0.136. The number of benzene rings is 1. The van der Waals surface area contributed by atoms with Crippen molar-refractivity contribution >= 4 is 23.3 Å². The van der Waals surface area contributed by atoms with Gasteiger partial charge in [-0.3, -0.25) is 4.98 Å². The number of aromatic nitrogens is 1. The third kappa shape index (κ3) is 3.42. The van der Waals surface area contributed by atoms with Crippen LogP contribution in [0.15, 0.2) is 59.9 Å². The van der Waals surface area contributed by atoms with Crippen LogP contribution < -0.4 is 5.32 Å². The van der Waals surface area contributed by atoms with Crippen LogP contribution in [0.4, 0.5) is 4.39 Å². The smallest absolute Gasteiger partial charge is 0.336 e. The summed E-state index contributed by atoms with van der Waals surface area (Å²) in [5.41, 5.74) is 3.17. The molecule has 1 N–H and O–H groups in total. The Balaban J connectivity index is 2.14. The molecule has 1 unspecified atom stereocenters. The van der Waals surface area contributed by atoms with E-state index in [1.807, 2.05) is 24.3 Å². The van der Waals surface area contributed by atoms with Gasteiger partial charge in [-0.25, -0.2) is 9.18 Å². The Labute approximate surface area is 150 Å². The maximum Gasteiger partial charge on any atom is 0.336 e. The highest BCUT2D eigenvalue weighted by atomic mass is 35.5. The molecule has 0 radical (unpaired) electrons. The van der Waals surface area contributed by atoms with E-state index in [2.05, 4.69) is 10.3 Å². The predicted octanol–water partition coefficient (Wildman–Crippen LogP) is 4.05. The molecule has 1 atom stereocenters. The van der Waals surface area contributed by atoms with Crippen molar-refractivity contribution in [2.45, 2.75) is 12.8 Å². The number of hydrogen-bond acceptors (Lipinski definition) is 4. The third-order valence-corrected chi connectivity index (χ3v) is 4.34. The molecule has 0 amide bonds. The Morgan fingerprint density at radius 2 is 2.12 bits per heavy atom. The molecule has 1 aliphatic heterocycles. The van der Waals surface area contributed by atoms with Gasteiger partial charge in [0.1, 0.15) is 5.82 Å². The van der Waals surface area contributed by atoms with E-state index in [0.29, 0.717) is 16.8 Å².